The molecule has 6 heteroatoms. The summed E-state index contributed by atoms with van der Waals surface area (Å²) in [5, 5.41) is 3.75. The van der Waals surface area contributed by atoms with Crippen molar-refractivity contribution in [2.45, 2.75) is 0 Å². The minimum Gasteiger partial charge on any atom is -0.353 e. The van der Waals surface area contributed by atoms with E-state index in [1.165, 1.54) is 6.33 Å². The summed E-state index contributed by atoms with van der Waals surface area (Å²) in [6.07, 6.45) is 1.49. The van der Waals surface area contributed by atoms with Gasteiger partial charge in [0, 0.05) is 26.2 Å². The van der Waals surface area contributed by atoms with Gasteiger partial charge in [-0.05, 0) is 15.9 Å². The molecule has 76 valence electrons. The van der Waals surface area contributed by atoms with Crippen molar-refractivity contribution in [3.8, 4) is 0 Å². The van der Waals surface area contributed by atoms with Crippen molar-refractivity contribution in [3.05, 3.63) is 16.0 Å². The van der Waals surface area contributed by atoms with Gasteiger partial charge in [0.1, 0.15) is 17.3 Å². The van der Waals surface area contributed by atoms with Gasteiger partial charge < -0.3 is 10.2 Å². The van der Waals surface area contributed by atoms with Crippen LogP contribution in [-0.2, 0) is 0 Å². The fourth-order valence-electron chi connectivity index (χ4n) is 1.44. The predicted octanol–water partition coefficient (Wildman–Crippen LogP) is 1.30. The van der Waals surface area contributed by atoms with E-state index in [1.54, 1.807) is 0 Å². The smallest absolute Gasteiger partial charge is 0.148 e. The second-order valence-corrected chi connectivity index (χ2v) is 4.19. The summed E-state index contributed by atoms with van der Waals surface area (Å²) in [7, 11) is 0. The maximum Gasteiger partial charge on any atom is 0.148 e. The first-order valence-electron chi connectivity index (χ1n) is 4.40. The maximum absolute atomic E-state index is 5.89. The highest BCUT2D eigenvalue weighted by Crippen LogP contribution is 2.28. The fraction of sp³-hybridized carbons (Fsp3) is 0.500. The molecule has 2 heterocycles. The minimum atomic E-state index is 0.466. The Hall–Kier alpha value is -0.390. The summed E-state index contributed by atoms with van der Waals surface area (Å²) in [4.78, 5) is 10.3. The lowest BCUT2D eigenvalue weighted by Crippen LogP contribution is -2.44. The monoisotopic (exact) mass is 276 g/mol. The zero-order valence-electron chi connectivity index (χ0n) is 7.50. The first-order valence-corrected chi connectivity index (χ1v) is 5.58. The molecule has 0 atom stereocenters. The molecule has 0 spiro atoms. The lowest BCUT2D eigenvalue weighted by Gasteiger charge is -2.28. The second-order valence-electron chi connectivity index (χ2n) is 3.04. The van der Waals surface area contributed by atoms with Gasteiger partial charge >= 0.3 is 0 Å². The number of hydrogen-bond acceptors (Lipinski definition) is 4. The summed E-state index contributed by atoms with van der Waals surface area (Å²) >= 11 is 9.29. The molecule has 1 aromatic heterocycles. The lowest BCUT2D eigenvalue weighted by molar-refractivity contribution is 0.584. The van der Waals surface area contributed by atoms with Crippen molar-refractivity contribution in [2.75, 3.05) is 31.1 Å². The number of halogens is 2. The third-order valence-electron chi connectivity index (χ3n) is 2.15. The molecule has 1 saturated heterocycles. The molecular formula is C8H10BrClN4. The lowest BCUT2D eigenvalue weighted by atomic mass is 10.3. The van der Waals surface area contributed by atoms with Crippen molar-refractivity contribution in [3.63, 3.8) is 0 Å². The SMILES string of the molecule is Clc1ncnc(N2CCNCC2)c1Br. The van der Waals surface area contributed by atoms with Crippen molar-refractivity contribution in [2.24, 2.45) is 0 Å². The third-order valence-corrected chi connectivity index (χ3v) is 3.39. The van der Waals surface area contributed by atoms with E-state index in [9.17, 15) is 0 Å². The Labute approximate surface area is 95.8 Å². The van der Waals surface area contributed by atoms with Gasteiger partial charge in [0.05, 0.1) is 4.47 Å². The molecule has 1 fully saturated rings. The van der Waals surface area contributed by atoms with E-state index in [0.29, 0.717) is 5.15 Å². The highest BCUT2D eigenvalue weighted by atomic mass is 79.9. The highest BCUT2D eigenvalue weighted by molar-refractivity contribution is 9.10. The number of rotatable bonds is 1. The highest BCUT2D eigenvalue weighted by Gasteiger charge is 2.16. The predicted molar refractivity (Wildman–Crippen MR) is 59.8 cm³/mol. The molecule has 4 nitrogen and oxygen atoms in total. The summed E-state index contributed by atoms with van der Waals surface area (Å²) < 4.78 is 0.781. The quantitative estimate of drug-likeness (QED) is 0.786. The van der Waals surface area contributed by atoms with Crippen molar-refractivity contribution < 1.29 is 0 Å². The normalized spacial score (nSPS) is 17.1. The van der Waals surface area contributed by atoms with Gasteiger partial charge in [0.15, 0.2) is 0 Å². The van der Waals surface area contributed by atoms with E-state index in [2.05, 4.69) is 36.1 Å². The molecule has 14 heavy (non-hydrogen) atoms. The Kier molecular flexibility index (Phi) is 3.20. The van der Waals surface area contributed by atoms with Gasteiger partial charge in [0.25, 0.3) is 0 Å². The number of aromatic nitrogens is 2. The molecule has 0 radical (unpaired) electrons. The van der Waals surface area contributed by atoms with Gasteiger partial charge in [-0.2, -0.15) is 0 Å². The van der Waals surface area contributed by atoms with E-state index >= 15 is 0 Å². The molecule has 0 aromatic carbocycles. The molecule has 0 bridgehead atoms. The van der Waals surface area contributed by atoms with Crippen LogP contribution >= 0.6 is 27.5 Å². The van der Waals surface area contributed by atoms with E-state index < -0.39 is 0 Å². The van der Waals surface area contributed by atoms with Crippen molar-refractivity contribution in [1.82, 2.24) is 15.3 Å². The Morgan fingerprint density at radius 3 is 2.79 bits per heavy atom. The molecule has 1 aliphatic rings. The van der Waals surface area contributed by atoms with E-state index in [1.807, 2.05) is 0 Å². The maximum atomic E-state index is 5.89. The van der Waals surface area contributed by atoms with Crippen LogP contribution in [0.15, 0.2) is 10.8 Å². The van der Waals surface area contributed by atoms with E-state index in [-0.39, 0.29) is 0 Å². The molecule has 1 N–H and O–H groups in total. The van der Waals surface area contributed by atoms with Crippen LogP contribution in [-0.4, -0.2) is 36.1 Å². The zero-order chi connectivity index (χ0) is 9.97. The van der Waals surface area contributed by atoms with Crippen LogP contribution in [0.2, 0.25) is 5.15 Å². The third kappa shape index (κ3) is 1.99. The fourth-order valence-corrected chi connectivity index (χ4v) is 2.02. The first kappa shape index (κ1) is 10.1. The molecule has 1 aliphatic heterocycles. The molecule has 0 unspecified atom stereocenters. The Morgan fingerprint density at radius 2 is 2.07 bits per heavy atom. The summed E-state index contributed by atoms with van der Waals surface area (Å²) in [6.45, 7) is 3.86. The van der Waals surface area contributed by atoms with E-state index in [4.69, 9.17) is 11.6 Å². The molecule has 0 amide bonds. The molecular weight excluding hydrogens is 267 g/mol. The topological polar surface area (TPSA) is 41.1 Å². The van der Waals surface area contributed by atoms with Gasteiger partial charge in [0.2, 0.25) is 0 Å². The van der Waals surface area contributed by atoms with Crippen molar-refractivity contribution in [1.29, 1.82) is 0 Å². The van der Waals surface area contributed by atoms with Crippen LogP contribution < -0.4 is 10.2 Å². The zero-order valence-corrected chi connectivity index (χ0v) is 9.85. The number of hydrogen-bond donors (Lipinski definition) is 1. The average Bonchev–Trinajstić information content (AvgIpc) is 2.23. The number of piperazine rings is 1. The van der Waals surface area contributed by atoms with Crippen LogP contribution in [0.3, 0.4) is 0 Å². The minimum absolute atomic E-state index is 0.466. The summed E-state index contributed by atoms with van der Waals surface area (Å²) in [6, 6.07) is 0. The van der Waals surface area contributed by atoms with Gasteiger partial charge in [-0.3, -0.25) is 0 Å². The summed E-state index contributed by atoms with van der Waals surface area (Å²) in [5.41, 5.74) is 0. The van der Waals surface area contributed by atoms with Crippen LogP contribution in [0, 0.1) is 0 Å². The Morgan fingerprint density at radius 1 is 1.36 bits per heavy atom. The summed E-state index contributed by atoms with van der Waals surface area (Å²) in [5.74, 6) is 0.881. The van der Waals surface area contributed by atoms with Crippen molar-refractivity contribution >= 4 is 33.3 Å². The average molecular weight is 278 g/mol. The van der Waals surface area contributed by atoms with Gasteiger partial charge in [-0.1, -0.05) is 11.6 Å². The Balaban J connectivity index is 2.26. The first-order chi connectivity index (χ1) is 6.79. The van der Waals surface area contributed by atoms with Crippen LogP contribution in [0.5, 0.6) is 0 Å². The second kappa shape index (κ2) is 4.42. The molecule has 2 rings (SSSR count). The van der Waals surface area contributed by atoms with E-state index in [0.717, 1.165) is 36.5 Å². The number of anilines is 1. The van der Waals surface area contributed by atoms with Crippen LogP contribution in [0.25, 0.3) is 0 Å². The number of nitrogens with one attached hydrogen (secondary N) is 1. The van der Waals surface area contributed by atoms with Crippen LogP contribution in [0.1, 0.15) is 0 Å². The molecule has 0 saturated carbocycles. The molecule has 0 aliphatic carbocycles. The van der Waals surface area contributed by atoms with Gasteiger partial charge in [-0.25, -0.2) is 9.97 Å². The van der Waals surface area contributed by atoms with Gasteiger partial charge in [-0.15, -0.1) is 0 Å². The Bertz CT molecular complexity index is 327. The largest absolute Gasteiger partial charge is 0.353 e. The number of nitrogens with zero attached hydrogens (tertiary/aromatic N) is 3. The molecule has 1 aromatic rings. The van der Waals surface area contributed by atoms with Crippen LogP contribution in [0.4, 0.5) is 5.82 Å². The standard InChI is InChI=1S/C8H10BrClN4/c9-6-7(10)12-5-13-8(6)14-3-1-11-2-4-14/h5,11H,1-4H2.